The molecule has 0 saturated carbocycles. The topological polar surface area (TPSA) is 56.2 Å². The van der Waals surface area contributed by atoms with Crippen LogP contribution in [0.5, 0.6) is 0 Å². The lowest BCUT2D eigenvalue weighted by Crippen LogP contribution is -2.32. The minimum Gasteiger partial charge on any atom is -0.376 e. The van der Waals surface area contributed by atoms with Gasteiger partial charge in [0, 0.05) is 25.0 Å². The van der Waals surface area contributed by atoms with Gasteiger partial charge in [-0.15, -0.1) is 0 Å². The molecule has 0 spiro atoms. The third-order valence-electron chi connectivity index (χ3n) is 4.01. The molecule has 1 aliphatic heterocycles. The SMILES string of the molecule is Cc1cccc2c1cnn2CCC(=O)NC[C@@H]1CCCO1. The van der Waals surface area contributed by atoms with Gasteiger partial charge in [0.05, 0.1) is 24.4 Å². The Hall–Kier alpha value is -1.88. The van der Waals surface area contributed by atoms with E-state index in [4.69, 9.17) is 4.74 Å². The lowest BCUT2D eigenvalue weighted by Gasteiger charge is -2.11. The Morgan fingerprint density at radius 2 is 2.43 bits per heavy atom. The molecule has 1 aromatic heterocycles. The molecule has 0 bridgehead atoms. The summed E-state index contributed by atoms with van der Waals surface area (Å²) in [5, 5.41) is 8.47. The molecule has 1 N–H and O–H groups in total. The third-order valence-corrected chi connectivity index (χ3v) is 4.01. The van der Waals surface area contributed by atoms with Gasteiger partial charge >= 0.3 is 0 Å². The van der Waals surface area contributed by atoms with Gasteiger partial charge in [0.1, 0.15) is 0 Å². The minimum absolute atomic E-state index is 0.0572. The molecular weight excluding hydrogens is 266 g/mol. The number of aryl methyl sites for hydroxylation is 2. The molecule has 1 aromatic carbocycles. The van der Waals surface area contributed by atoms with E-state index in [2.05, 4.69) is 23.4 Å². The van der Waals surface area contributed by atoms with Crippen molar-refractivity contribution in [2.75, 3.05) is 13.2 Å². The van der Waals surface area contributed by atoms with Crippen LogP contribution in [0.4, 0.5) is 0 Å². The van der Waals surface area contributed by atoms with E-state index in [1.54, 1.807) is 0 Å². The van der Waals surface area contributed by atoms with Crippen molar-refractivity contribution >= 4 is 16.8 Å². The van der Waals surface area contributed by atoms with Gasteiger partial charge < -0.3 is 10.1 Å². The van der Waals surface area contributed by atoms with E-state index in [1.165, 1.54) is 5.56 Å². The van der Waals surface area contributed by atoms with Crippen molar-refractivity contribution in [3.63, 3.8) is 0 Å². The van der Waals surface area contributed by atoms with E-state index in [-0.39, 0.29) is 12.0 Å². The first-order chi connectivity index (χ1) is 10.2. The zero-order chi connectivity index (χ0) is 14.7. The summed E-state index contributed by atoms with van der Waals surface area (Å²) in [6, 6.07) is 6.13. The standard InChI is InChI=1S/C16H21N3O2/c1-12-4-2-6-15-14(12)11-18-19(15)8-7-16(20)17-10-13-5-3-9-21-13/h2,4,6,11,13H,3,5,7-10H2,1H3,(H,17,20)/t13-/m0/s1. The van der Waals surface area contributed by atoms with Crippen molar-refractivity contribution in [3.05, 3.63) is 30.0 Å². The van der Waals surface area contributed by atoms with Crippen LogP contribution in [-0.2, 0) is 16.1 Å². The molecule has 1 amide bonds. The molecule has 3 rings (SSSR count). The Morgan fingerprint density at radius 1 is 1.52 bits per heavy atom. The first-order valence-electron chi connectivity index (χ1n) is 7.53. The molecule has 21 heavy (non-hydrogen) atoms. The number of nitrogens with zero attached hydrogens (tertiary/aromatic N) is 2. The van der Waals surface area contributed by atoms with Crippen LogP contribution in [0, 0.1) is 6.92 Å². The number of aromatic nitrogens is 2. The molecule has 0 unspecified atom stereocenters. The monoisotopic (exact) mass is 287 g/mol. The summed E-state index contributed by atoms with van der Waals surface area (Å²) in [5.74, 6) is 0.0572. The highest BCUT2D eigenvalue weighted by Gasteiger charge is 2.16. The predicted octanol–water partition coefficient (Wildman–Crippen LogP) is 2.03. The van der Waals surface area contributed by atoms with E-state index in [0.717, 1.165) is 30.4 Å². The van der Waals surface area contributed by atoms with Gasteiger partial charge in [-0.1, -0.05) is 12.1 Å². The molecule has 1 saturated heterocycles. The molecule has 1 aliphatic rings. The number of fused-ring (bicyclic) bond motifs is 1. The molecule has 1 atom stereocenters. The van der Waals surface area contributed by atoms with Gasteiger partial charge in [-0.3, -0.25) is 9.48 Å². The quantitative estimate of drug-likeness (QED) is 0.915. The second-order valence-corrected chi connectivity index (χ2v) is 5.56. The van der Waals surface area contributed by atoms with Crippen molar-refractivity contribution in [2.24, 2.45) is 0 Å². The average Bonchev–Trinajstić information content (AvgIpc) is 3.13. The Morgan fingerprint density at radius 3 is 3.24 bits per heavy atom. The van der Waals surface area contributed by atoms with E-state index in [9.17, 15) is 4.79 Å². The second kappa shape index (κ2) is 6.26. The van der Waals surface area contributed by atoms with Crippen molar-refractivity contribution in [2.45, 2.75) is 38.8 Å². The molecule has 0 aliphatic carbocycles. The van der Waals surface area contributed by atoms with Crippen LogP contribution in [0.3, 0.4) is 0 Å². The van der Waals surface area contributed by atoms with Crippen molar-refractivity contribution < 1.29 is 9.53 Å². The fourth-order valence-corrected chi connectivity index (χ4v) is 2.75. The predicted molar refractivity (Wildman–Crippen MR) is 81.1 cm³/mol. The Bertz CT molecular complexity index is 629. The summed E-state index contributed by atoms with van der Waals surface area (Å²) in [7, 11) is 0. The van der Waals surface area contributed by atoms with E-state index in [0.29, 0.717) is 19.5 Å². The number of carbonyl (C=O) groups is 1. The number of carbonyl (C=O) groups excluding carboxylic acids is 1. The Kier molecular flexibility index (Phi) is 4.20. The zero-order valence-electron chi connectivity index (χ0n) is 12.3. The third kappa shape index (κ3) is 3.24. The summed E-state index contributed by atoms with van der Waals surface area (Å²) in [4.78, 5) is 11.9. The summed E-state index contributed by atoms with van der Waals surface area (Å²) >= 11 is 0. The van der Waals surface area contributed by atoms with Crippen molar-refractivity contribution in [3.8, 4) is 0 Å². The summed E-state index contributed by atoms with van der Waals surface area (Å²) in [5.41, 5.74) is 2.29. The molecule has 2 aromatic rings. The normalized spacial score (nSPS) is 18.2. The highest BCUT2D eigenvalue weighted by atomic mass is 16.5. The van der Waals surface area contributed by atoms with Crippen LogP contribution in [0.15, 0.2) is 24.4 Å². The summed E-state index contributed by atoms with van der Waals surface area (Å²) in [6.45, 7) is 4.12. The number of hydrogen-bond acceptors (Lipinski definition) is 3. The fourth-order valence-electron chi connectivity index (χ4n) is 2.75. The van der Waals surface area contributed by atoms with Crippen LogP contribution in [0.1, 0.15) is 24.8 Å². The van der Waals surface area contributed by atoms with Crippen LogP contribution < -0.4 is 5.32 Å². The smallest absolute Gasteiger partial charge is 0.221 e. The van der Waals surface area contributed by atoms with Crippen LogP contribution in [0.2, 0.25) is 0 Å². The van der Waals surface area contributed by atoms with E-state index in [1.807, 2.05) is 23.0 Å². The summed E-state index contributed by atoms with van der Waals surface area (Å²) in [6.07, 6.45) is 4.65. The first-order valence-corrected chi connectivity index (χ1v) is 7.53. The highest BCUT2D eigenvalue weighted by molar-refractivity contribution is 5.82. The maximum absolute atomic E-state index is 11.9. The minimum atomic E-state index is 0.0572. The average molecular weight is 287 g/mol. The number of ether oxygens (including phenoxy) is 1. The fraction of sp³-hybridized carbons (Fsp3) is 0.500. The van der Waals surface area contributed by atoms with E-state index < -0.39 is 0 Å². The highest BCUT2D eigenvalue weighted by Crippen LogP contribution is 2.17. The van der Waals surface area contributed by atoms with Gasteiger partial charge in [0.25, 0.3) is 0 Å². The number of amides is 1. The number of rotatable bonds is 5. The van der Waals surface area contributed by atoms with Crippen molar-refractivity contribution in [1.82, 2.24) is 15.1 Å². The lowest BCUT2D eigenvalue weighted by molar-refractivity contribution is -0.121. The van der Waals surface area contributed by atoms with Gasteiger partial charge in [-0.05, 0) is 31.4 Å². The van der Waals surface area contributed by atoms with E-state index >= 15 is 0 Å². The molecule has 2 heterocycles. The first kappa shape index (κ1) is 14.1. The maximum Gasteiger partial charge on any atom is 0.221 e. The van der Waals surface area contributed by atoms with Gasteiger partial charge in [-0.2, -0.15) is 5.10 Å². The van der Waals surface area contributed by atoms with Crippen LogP contribution in [0.25, 0.3) is 10.9 Å². The molecule has 112 valence electrons. The number of hydrogen-bond donors (Lipinski definition) is 1. The maximum atomic E-state index is 11.9. The molecule has 0 radical (unpaired) electrons. The number of benzene rings is 1. The zero-order valence-corrected chi connectivity index (χ0v) is 12.3. The Labute approximate surface area is 124 Å². The number of nitrogens with one attached hydrogen (secondary N) is 1. The van der Waals surface area contributed by atoms with Crippen molar-refractivity contribution in [1.29, 1.82) is 0 Å². The molecule has 5 heteroatoms. The van der Waals surface area contributed by atoms with Crippen LogP contribution >= 0.6 is 0 Å². The Balaban J connectivity index is 1.53. The van der Waals surface area contributed by atoms with Gasteiger partial charge in [-0.25, -0.2) is 0 Å². The molecule has 5 nitrogen and oxygen atoms in total. The van der Waals surface area contributed by atoms with Gasteiger partial charge in [0.15, 0.2) is 0 Å². The summed E-state index contributed by atoms with van der Waals surface area (Å²) < 4.78 is 7.39. The molecule has 1 fully saturated rings. The largest absolute Gasteiger partial charge is 0.376 e. The lowest BCUT2D eigenvalue weighted by atomic mass is 10.1. The van der Waals surface area contributed by atoms with Gasteiger partial charge in [0.2, 0.25) is 5.91 Å². The second-order valence-electron chi connectivity index (χ2n) is 5.56. The molecular formula is C16H21N3O2. The van der Waals surface area contributed by atoms with Crippen LogP contribution in [-0.4, -0.2) is 34.9 Å².